The first-order valence-corrected chi connectivity index (χ1v) is 5.18. The van der Waals surface area contributed by atoms with Gasteiger partial charge in [-0.05, 0) is 18.2 Å². The third-order valence-corrected chi connectivity index (χ3v) is 2.53. The first-order chi connectivity index (χ1) is 8.49. The molecule has 0 spiro atoms. The fourth-order valence-corrected chi connectivity index (χ4v) is 1.61. The summed E-state index contributed by atoms with van der Waals surface area (Å²) in [6.07, 6.45) is 1.08. The zero-order chi connectivity index (χ0) is 13.3. The van der Waals surface area contributed by atoms with Crippen LogP contribution in [0.5, 0.6) is 0 Å². The second-order valence-corrected chi connectivity index (χ2v) is 3.83. The number of aromatic nitrogens is 2. The van der Waals surface area contributed by atoms with Crippen molar-refractivity contribution >= 4 is 23.4 Å². The molecule has 1 heterocycles. The molecule has 2 aromatic rings. The zero-order valence-corrected chi connectivity index (χ0v) is 9.65. The summed E-state index contributed by atoms with van der Waals surface area (Å²) < 4.78 is 12.9. The predicted molar refractivity (Wildman–Crippen MR) is 63.8 cm³/mol. The van der Waals surface area contributed by atoms with Gasteiger partial charge in [0.05, 0.1) is 5.02 Å². The summed E-state index contributed by atoms with van der Waals surface area (Å²) in [5.74, 6) is -1.74. The Morgan fingerprint density at radius 2 is 2.17 bits per heavy atom. The summed E-state index contributed by atoms with van der Waals surface area (Å²) in [6.45, 7) is 0. The Bertz CT molecular complexity index is 634. The number of carboxylic acid groups (broad SMARTS) is 1. The number of nitrogen functional groups attached to an aromatic ring is 1. The van der Waals surface area contributed by atoms with E-state index < -0.39 is 11.8 Å². The van der Waals surface area contributed by atoms with Crippen molar-refractivity contribution in [2.24, 2.45) is 0 Å². The van der Waals surface area contributed by atoms with Gasteiger partial charge in [-0.1, -0.05) is 11.6 Å². The van der Waals surface area contributed by atoms with Gasteiger partial charge in [0, 0.05) is 11.8 Å². The van der Waals surface area contributed by atoms with Gasteiger partial charge in [-0.15, -0.1) is 0 Å². The molecule has 0 saturated heterocycles. The first kappa shape index (κ1) is 12.3. The number of rotatable bonds is 2. The SMILES string of the molecule is Nc1nc(-c2ccc(F)cc2Cl)ncc1C(=O)O. The van der Waals surface area contributed by atoms with Crippen LogP contribution >= 0.6 is 11.6 Å². The third-order valence-electron chi connectivity index (χ3n) is 2.22. The molecule has 0 radical (unpaired) electrons. The van der Waals surface area contributed by atoms with E-state index in [-0.39, 0.29) is 22.2 Å². The summed E-state index contributed by atoms with van der Waals surface area (Å²) in [5.41, 5.74) is 5.67. The molecular weight excluding hydrogens is 261 g/mol. The van der Waals surface area contributed by atoms with E-state index in [9.17, 15) is 9.18 Å². The maximum Gasteiger partial charge on any atom is 0.341 e. The van der Waals surface area contributed by atoms with E-state index in [1.807, 2.05) is 0 Å². The lowest BCUT2D eigenvalue weighted by molar-refractivity contribution is 0.0697. The largest absolute Gasteiger partial charge is 0.477 e. The first-order valence-electron chi connectivity index (χ1n) is 4.80. The molecule has 3 N–H and O–H groups in total. The normalized spacial score (nSPS) is 10.3. The third kappa shape index (κ3) is 2.23. The molecule has 0 bridgehead atoms. The number of hydrogen-bond donors (Lipinski definition) is 2. The smallest absolute Gasteiger partial charge is 0.341 e. The van der Waals surface area contributed by atoms with E-state index in [0.717, 1.165) is 12.3 Å². The number of aromatic carboxylic acids is 1. The van der Waals surface area contributed by atoms with E-state index >= 15 is 0 Å². The van der Waals surface area contributed by atoms with E-state index in [2.05, 4.69) is 9.97 Å². The maximum atomic E-state index is 12.9. The number of nitrogens with two attached hydrogens (primary N) is 1. The van der Waals surface area contributed by atoms with Crippen molar-refractivity contribution in [2.45, 2.75) is 0 Å². The Kier molecular flexibility index (Phi) is 3.12. The Labute approximate surface area is 106 Å². The Morgan fingerprint density at radius 1 is 1.44 bits per heavy atom. The number of benzene rings is 1. The zero-order valence-electron chi connectivity index (χ0n) is 8.89. The molecule has 92 valence electrons. The molecule has 0 aliphatic rings. The van der Waals surface area contributed by atoms with Crippen molar-refractivity contribution in [1.29, 1.82) is 0 Å². The molecule has 5 nitrogen and oxygen atoms in total. The minimum absolute atomic E-state index is 0.123. The van der Waals surface area contributed by atoms with Gasteiger partial charge in [0.2, 0.25) is 0 Å². The van der Waals surface area contributed by atoms with Crippen LogP contribution in [0.1, 0.15) is 10.4 Å². The van der Waals surface area contributed by atoms with Crippen molar-refractivity contribution in [3.63, 3.8) is 0 Å². The molecule has 0 saturated carbocycles. The highest BCUT2D eigenvalue weighted by atomic mass is 35.5. The van der Waals surface area contributed by atoms with E-state index in [4.69, 9.17) is 22.4 Å². The van der Waals surface area contributed by atoms with Crippen molar-refractivity contribution in [2.75, 3.05) is 5.73 Å². The van der Waals surface area contributed by atoms with Crippen LogP contribution < -0.4 is 5.73 Å². The van der Waals surface area contributed by atoms with Crippen LogP contribution in [0.15, 0.2) is 24.4 Å². The molecule has 1 aromatic heterocycles. The summed E-state index contributed by atoms with van der Waals surface area (Å²) in [5, 5.41) is 8.91. The van der Waals surface area contributed by atoms with Gasteiger partial charge >= 0.3 is 5.97 Å². The molecule has 0 fully saturated rings. The monoisotopic (exact) mass is 267 g/mol. The highest BCUT2D eigenvalue weighted by Gasteiger charge is 2.13. The standard InChI is InChI=1S/C11H7ClFN3O2/c12-8-3-5(13)1-2-6(8)10-15-4-7(11(17)18)9(14)16-10/h1-4H,(H,17,18)(H2,14,15,16). The predicted octanol–water partition coefficient (Wildman–Crippen LogP) is 2.22. The average Bonchev–Trinajstić information content (AvgIpc) is 2.28. The summed E-state index contributed by atoms with van der Waals surface area (Å²) in [7, 11) is 0. The van der Waals surface area contributed by atoms with Crippen LogP contribution in [0.2, 0.25) is 5.02 Å². The Morgan fingerprint density at radius 3 is 2.72 bits per heavy atom. The fourth-order valence-electron chi connectivity index (χ4n) is 1.36. The molecule has 7 heteroatoms. The van der Waals surface area contributed by atoms with Crippen LogP contribution in [0, 0.1) is 5.82 Å². The number of carboxylic acids is 1. The molecule has 0 amide bonds. The highest BCUT2D eigenvalue weighted by Crippen LogP contribution is 2.26. The molecule has 0 aliphatic carbocycles. The van der Waals surface area contributed by atoms with Gasteiger partial charge in [0.25, 0.3) is 0 Å². The average molecular weight is 268 g/mol. The number of halogens is 2. The Hall–Kier alpha value is -2.21. The molecular formula is C11H7ClFN3O2. The van der Waals surface area contributed by atoms with Crippen LogP contribution in [0.3, 0.4) is 0 Å². The Balaban J connectivity index is 2.52. The molecule has 0 atom stereocenters. The van der Waals surface area contributed by atoms with Gasteiger partial charge in [-0.25, -0.2) is 19.2 Å². The lowest BCUT2D eigenvalue weighted by atomic mass is 10.2. The quantitative estimate of drug-likeness (QED) is 0.871. The molecule has 2 rings (SSSR count). The van der Waals surface area contributed by atoms with Gasteiger partial charge in [0.1, 0.15) is 17.2 Å². The van der Waals surface area contributed by atoms with Crippen LogP contribution in [0.25, 0.3) is 11.4 Å². The lowest BCUT2D eigenvalue weighted by Gasteiger charge is -2.05. The second kappa shape index (κ2) is 4.58. The fraction of sp³-hybridized carbons (Fsp3) is 0. The van der Waals surface area contributed by atoms with E-state index in [1.165, 1.54) is 12.1 Å². The summed E-state index contributed by atoms with van der Waals surface area (Å²) in [6, 6.07) is 3.71. The molecule has 0 unspecified atom stereocenters. The molecule has 18 heavy (non-hydrogen) atoms. The number of carbonyl (C=O) groups is 1. The summed E-state index contributed by atoms with van der Waals surface area (Å²) in [4.78, 5) is 18.4. The van der Waals surface area contributed by atoms with E-state index in [1.54, 1.807) is 0 Å². The van der Waals surface area contributed by atoms with Gasteiger partial charge in [-0.3, -0.25) is 0 Å². The van der Waals surface area contributed by atoms with Gasteiger partial charge in [0.15, 0.2) is 5.82 Å². The lowest BCUT2D eigenvalue weighted by Crippen LogP contribution is -2.06. The van der Waals surface area contributed by atoms with Gasteiger partial charge in [-0.2, -0.15) is 0 Å². The van der Waals surface area contributed by atoms with Crippen LogP contribution in [-0.4, -0.2) is 21.0 Å². The molecule has 1 aromatic carbocycles. The van der Waals surface area contributed by atoms with Crippen molar-refractivity contribution in [3.05, 3.63) is 40.8 Å². The van der Waals surface area contributed by atoms with Crippen LogP contribution in [-0.2, 0) is 0 Å². The highest BCUT2D eigenvalue weighted by molar-refractivity contribution is 6.33. The van der Waals surface area contributed by atoms with Crippen molar-refractivity contribution < 1.29 is 14.3 Å². The number of anilines is 1. The van der Waals surface area contributed by atoms with Crippen molar-refractivity contribution in [3.8, 4) is 11.4 Å². The van der Waals surface area contributed by atoms with Crippen molar-refractivity contribution in [1.82, 2.24) is 9.97 Å². The number of hydrogen-bond acceptors (Lipinski definition) is 4. The maximum absolute atomic E-state index is 12.9. The summed E-state index contributed by atoms with van der Waals surface area (Å²) >= 11 is 5.84. The van der Waals surface area contributed by atoms with E-state index in [0.29, 0.717) is 5.56 Å². The topological polar surface area (TPSA) is 89.1 Å². The van der Waals surface area contributed by atoms with Gasteiger partial charge < -0.3 is 10.8 Å². The minimum Gasteiger partial charge on any atom is -0.477 e. The minimum atomic E-state index is -1.22. The second-order valence-electron chi connectivity index (χ2n) is 3.42. The molecule has 0 aliphatic heterocycles. The van der Waals surface area contributed by atoms with Crippen LogP contribution in [0.4, 0.5) is 10.2 Å². The number of nitrogens with zero attached hydrogens (tertiary/aromatic N) is 2.